The van der Waals surface area contributed by atoms with E-state index in [-0.39, 0.29) is 12.1 Å². The highest BCUT2D eigenvalue weighted by molar-refractivity contribution is 5.92. The van der Waals surface area contributed by atoms with Crippen LogP contribution in [0.2, 0.25) is 0 Å². The van der Waals surface area contributed by atoms with Gasteiger partial charge in [-0.05, 0) is 60.7 Å². The Kier molecular flexibility index (Phi) is 21.2. The normalized spacial score (nSPS) is 11.8. The molecule has 0 fully saturated rings. The van der Waals surface area contributed by atoms with Crippen molar-refractivity contribution in [2.24, 2.45) is 0 Å². The number of ether oxygens (including phenoxy) is 3. The van der Waals surface area contributed by atoms with Gasteiger partial charge in [0.15, 0.2) is 11.5 Å². The SMILES string of the molecule is CCCCCCCCCCCCOc1ccccc1OC(=O)c1ccc(-c2ccc(C(C)OCCCCCCCCCCCC)cc2)cc1. The number of hydrogen-bond donors (Lipinski definition) is 0. The zero-order chi connectivity index (χ0) is 34.8. The van der Waals surface area contributed by atoms with Gasteiger partial charge in [-0.15, -0.1) is 0 Å². The van der Waals surface area contributed by atoms with Crippen LogP contribution >= 0.6 is 0 Å². The lowest BCUT2D eigenvalue weighted by Crippen LogP contribution is -2.10. The highest BCUT2D eigenvalue weighted by Crippen LogP contribution is 2.29. The lowest BCUT2D eigenvalue weighted by atomic mass is 10.0. The number of para-hydroxylation sites is 2. The zero-order valence-corrected chi connectivity index (χ0v) is 31.2. The van der Waals surface area contributed by atoms with Crippen LogP contribution in [0.5, 0.6) is 11.5 Å². The zero-order valence-electron chi connectivity index (χ0n) is 31.2. The van der Waals surface area contributed by atoms with E-state index in [0.717, 1.165) is 37.0 Å². The minimum absolute atomic E-state index is 0.0755. The molecule has 0 saturated heterocycles. The standard InChI is InChI=1S/C45H66O4/c1-4-6-8-10-12-14-16-18-20-24-36-47-38(3)39-28-30-40(31-29-39)41-32-34-42(35-33-41)45(46)49-44-27-23-22-26-43(44)48-37-25-21-19-17-15-13-11-9-7-5-2/h22-23,26-35,38H,4-21,24-25,36-37H2,1-3H3. The van der Waals surface area contributed by atoms with Crippen molar-refractivity contribution in [3.05, 3.63) is 83.9 Å². The summed E-state index contributed by atoms with van der Waals surface area (Å²) in [5.41, 5.74) is 3.86. The molecule has 1 atom stereocenters. The number of esters is 1. The van der Waals surface area contributed by atoms with Crippen LogP contribution in [0.1, 0.15) is 171 Å². The third-order valence-electron chi connectivity index (χ3n) is 9.51. The van der Waals surface area contributed by atoms with Gasteiger partial charge >= 0.3 is 5.97 Å². The van der Waals surface area contributed by atoms with Gasteiger partial charge in [-0.3, -0.25) is 0 Å². The van der Waals surface area contributed by atoms with E-state index in [1.165, 1.54) is 115 Å². The fourth-order valence-electron chi connectivity index (χ4n) is 6.28. The summed E-state index contributed by atoms with van der Waals surface area (Å²) >= 11 is 0. The Hall–Kier alpha value is -3.11. The average Bonchev–Trinajstić information content (AvgIpc) is 3.13. The molecule has 0 aliphatic heterocycles. The van der Waals surface area contributed by atoms with Crippen LogP contribution in [0.4, 0.5) is 0 Å². The first-order valence-corrected chi connectivity index (χ1v) is 19.9. The van der Waals surface area contributed by atoms with E-state index in [4.69, 9.17) is 14.2 Å². The minimum atomic E-state index is -0.384. The highest BCUT2D eigenvalue weighted by Gasteiger charge is 2.13. The van der Waals surface area contributed by atoms with E-state index < -0.39 is 0 Å². The first-order valence-electron chi connectivity index (χ1n) is 19.9. The summed E-state index contributed by atoms with van der Waals surface area (Å²) in [6.45, 7) is 8.11. The van der Waals surface area contributed by atoms with Gasteiger partial charge in [-0.1, -0.05) is 178 Å². The smallest absolute Gasteiger partial charge is 0.343 e. The Labute approximate surface area is 299 Å². The quantitative estimate of drug-likeness (QED) is 0.0438. The third-order valence-corrected chi connectivity index (χ3v) is 9.51. The second-order valence-corrected chi connectivity index (χ2v) is 13.8. The van der Waals surface area contributed by atoms with Gasteiger partial charge in [-0.2, -0.15) is 0 Å². The number of rotatable bonds is 28. The molecule has 0 bridgehead atoms. The molecule has 0 amide bonds. The summed E-state index contributed by atoms with van der Waals surface area (Å²) in [6, 6.07) is 23.6. The molecule has 0 saturated carbocycles. The Balaban J connectivity index is 1.34. The van der Waals surface area contributed by atoms with Crippen LogP contribution in [-0.2, 0) is 4.74 Å². The van der Waals surface area contributed by atoms with Crippen LogP contribution in [-0.4, -0.2) is 19.2 Å². The molecule has 1 unspecified atom stereocenters. The van der Waals surface area contributed by atoms with Crippen LogP contribution < -0.4 is 9.47 Å². The first-order chi connectivity index (χ1) is 24.1. The van der Waals surface area contributed by atoms with E-state index in [2.05, 4.69) is 45.0 Å². The van der Waals surface area contributed by atoms with Crippen molar-refractivity contribution in [2.75, 3.05) is 13.2 Å². The predicted molar refractivity (Wildman–Crippen MR) is 207 cm³/mol. The molecule has 0 spiro atoms. The van der Waals surface area contributed by atoms with Crippen LogP contribution in [0.25, 0.3) is 11.1 Å². The maximum atomic E-state index is 13.0. The fraction of sp³-hybridized carbons (Fsp3) is 0.578. The molecule has 0 radical (unpaired) electrons. The molecule has 4 nitrogen and oxygen atoms in total. The van der Waals surface area contributed by atoms with Crippen molar-refractivity contribution in [3.8, 4) is 22.6 Å². The number of unbranched alkanes of at least 4 members (excludes halogenated alkanes) is 18. The molecule has 0 aromatic heterocycles. The Bertz CT molecular complexity index is 1250. The summed E-state index contributed by atoms with van der Waals surface area (Å²) in [6.07, 6.45) is 26.3. The second-order valence-electron chi connectivity index (χ2n) is 13.8. The van der Waals surface area contributed by atoms with E-state index >= 15 is 0 Å². The molecule has 49 heavy (non-hydrogen) atoms. The average molecular weight is 671 g/mol. The van der Waals surface area contributed by atoms with Gasteiger partial charge in [-0.25, -0.2) is 4.79 Å². The van der Waals surface area contributed by atoms with Crippen molar-refractivity contribution < 1.29 is 19.0 Å². The molecule has 0 aliphatic rings. The first kappa shape index (κ1) is 40.3. The van der Waals surface area contributed by atoms with E-state index in [9.17, 15) is 4.79 Å². The second kappa shape index (κ2) is 25.8. The van der Waals surface area contributed by atoms with Gasteiger partial charge in [0.05, 0.1) is 18.3 Å². The van der Waals surface area contributed by atoms with Crippen LogP contribution in [0.15, 0.2) is 72.8 Å². The van der Waals surface area contributed by atoms with Crippen molar-refractivity contribution in [1.29, 1.82) is 0 Å². The van der Waals surface area contributed by atoms with Gasteiger partial charge in [0.25, 0.3) is 0 Å². The summed E-state index contributed by atoms with van der Waals surface area (Å²) in [5, 5.41) is 0. The van der Waals surface area contributed by atoms with Crippen molar-refractivity contribution in [1.82, 2.24) is 0 Å². The highest BCUT2D eigenvalue weighted by atomic mass is 16.6. The molecule has 270 valence electrons. The molecule has 3 aromatic carbocycles. The minimum Gasteiger partial charge on any atom is -0.490 e. The maximum absolute atomic E-state index is 13.0. The molecule has 3 aromatic rings. The lowest BCUT2D eigenvalue weighted by Gasteiger charge is -2.14. The molecular weight excluding hydrogens is 604 g/mol. The van der Waals surface area contributed by atoms with Gasteiger partial charge in [0.1, 0.15) is 0 Å². The van der Waals surface area contributed by atoms with E-state index in [1.807, 2.05) is 42.5 Å². The number of carbonyl (C=O) groups excluding carboxylic acids is 1. The van der Waals surface area contributed by atoms with E-state index in [0.29, 0.717) is 23.7 Å². The van der Waals surface area contributed by atoms with Gasteiger partial charge in [0.2, 0.25) is 0 Å². The largest absolute Gasteiger partial charge is 0.490 e. The summed E-state index contributed by atoms with van der Waals surface area (Å²) in [7, 11) is 0. The van der Waals surface area contributed by atoms with Crippen molar-refractivity contribution in [2.45, 2.75) is 155 Å². The number of hydrogen-bond acceptors (Lipinski definition) is 4. The predicted octanol–water partition coefficient (Wildman–Crippen LogP) is 13.9. The molecule has 3 rings (SSSR count). The number of carbonyl (C=O) groups is 1. The summed E-state index contributed by atoms with van der Waals surface area (Å²) in [5.74, 6) is 0.694. The van der Waals surface area contributed by atoms with Crippen molar-refractivity contribution >= 4 is 5.97 Å². The fourth-order valence-corrected chi connectivity index (χ4v) is 6.28. The Morgan fingerprint density at radius 2 is 0.939 bits per heavy atom. The topological polar surface area (TPSA) is 44.8 Å². The molecule has 4 heteroatoms. The van der Waals surface area contributed by atoms with Gasteiger partial charge < -0.3 is 14.2 Å². The maximum Gasteiger partial charge on any atom is 0.343 e. The van der Waals surface area contributed by atoms with Gasteiger partial charge in [0, 0.05) is 6.61 Å². The summed E-state index contributed by atoms with van der Waals surface area (Å²) < 4.78 is 17.9. The van der Waals surface area contributed by atoms with Crippen LogP contribution in [0, 0.1) is 0 Å². The molecular formula is C45H66O4. The monoisotopic (exact) mass is 670 g/mol. The third kappa shape index (κ3) is 16.9. The molecule has 0 aliphatic carbocycles. The Morgan fingerprint density at radius 3 is 1.45 bits per heavy atom. The van der Waals surface area contributed by atoms with E-state index in [1.54, 1.807) is 6.07 Å². The number of benzene rings is 3. The summed E-state index contributed by atoms with van der Waals surface area (Å²) in [4.78, 5) is 13.0. The molecule has 0 heterocycles. The van der Waals surface area contributed by atoms with Crippen molar-refractivity contribution in [3.63, 3.8) is 0 Å². The Morgan fingerprint density at radius 1 is 0.510 bits per heavy atom. The lowest BCUT2D eigenvalue weighted by molar-refractivity contribution is 0.0627. The molecule has 0 N–H and O–H groups in total. The van der Waals surface area contributed by atoms with Crippen LogP contribution in [0.3, 0.4) is 0 Å².